The lowest BCUT2D eigenvalue weighted by Gasteiger charge is -2.27. The van der Waals surface area contributed by atoms with E-state index in [4.69, 9.17) is 0 Å². The summed E-state index contributed by atoms with van der Waals surface area (Å²) in [7, 11) is -3.17. The van der Waals surface area contributed by atoms with Gasteiger partial charge in [0, 0.05) is 23.9 Å². The van der Waals surface area contributed by atoms with Gasteiger partial charge in [-0.3, -0.25) is 9.59 Å². The van der Waals surface area contributed by atoms with Gasteiger partial charge in [0.05, 0.1) is 17.5 Å². The summed E-state index contributed by atoms with van der Waals surface area (Å²) in [4.78, 5) is 24.4. The molecule has 26 heavy (non-hydrogen) atoms. The van der Waals surface area contributed by atoms with E-state index in [0.29, 0.717) is 16.5 Å². The molecule has 0 saturated carbocycles. The van der Waals surface area contributed by atoms with Crippen LogP contribution in [0.2, 0.25) is 0 Å². The number of sulfone groups is 1. The van der Waals surface area contributed by atoms with Crippen molar-refractivity contribution in [3.63, 3.8) is 0 Å². The summed E-state index contributed by atoms with van der Waals surface area (Å²) in [5.74, 6) is -1.26. The molecule has 0 aliphatic carbocycles. The number of halogens is 2. The molecule has 140 valence electrons. The van der Waals surface area contributed by atoms with Crippen LogP contribution in [0.3, 0.4) is 0 Å². The molecule has 10 heteroatoms. The van der Waals surface area contributed by atoms with E-state index in [2.05, 4.69) is 26.3 Å². The average molecular weight is 446 g/mol. The number of nitrogens with one attached hydrogen (secondary N) is 1. The molecule has 3 rings (SSSR count). The molecule has 1 N–H and O–H groups in total. The minimum absolute atomic E-state index is 0.0199. The summed E-state index contributed by atoms with van der Waals surface area (Å²) in [6.45, 7) is 0.0992. The van der Waals surface area contributed by atoms with E-state index in [-0.39, 0.29) is 42.5 Å². The lowest BCUT2D eigenvalue weighted by atomic mass is 10.1. The molecular formula is C16H17BrFN3O4S. The summed E-state index contributed by atoms with van der Waals surface area (Å²) in [6, 6.07) is 3.65. The van der Waals surface area contributed by atoms with Crippen LogP contribution >= 0.6 is 15.9 Å². The summed E-state index contributed by atoms with van der Waals surface area (Å²) < 4.78 is 37.2. The van der Waals surface area contributed by atoms with Gasteiger partial charge in [-0.05, 0) is 30.2 Å². The van der Waals surface area contributed by atoms with Crippen LogP contribution in [0.5, 0.6) is 0 Å². The standard InChI is InChI=1S/C16H17BrFN3O4S/c17-13-2-1-11(18)7-10(13)8-19-16(23)14-3-4-15(22)21(20-14)12-5-6-26(24,25)9-12/h1-2,7,12H,3-6,8-9H2,(H,19,23)/t12-/m1/s1. The second-order valence-electron chi connectivity index (χ2n) is 6.26. The number of hydrazone groups is 1. The van der Waals surface area contributed by atoms with Crippen molar-refractivity contribution in [1.82, 2.24) is 10.3 Å². The van der Waals surface area contributed by atoms with Gasteiger partial charge in [-0.2, -0.15) is 5.10 Å². The van der Waals surface area contributed by atoms with Crippen LogP contribution in [0, 0.1) is 5.82 Å². The van der Waals surface area contributed by atoms with Crippen LogP contribution in [-0.4, -0.2) is 48.5 Å². The predicted molar refractivity (Wildman–Crippen MR) is 96.5 cm³/mol. The van der Waals surface area contributed by atoms with Gasteiger partial charge in [0.15, 0.2) is 9.84 Å². The van der Waals surface area contributed by atoms with Crippen LogP contribution < -0.4 is 5.32 Å². The highest BCUT2D eigenvalue weighted by Gasteiger charge is 2.37. The molecule has 1 saturated heterocycles. The quantitative estimate of drug-likeness (QED) is 0.756. The van der Waals surface area contributed by atoms with Gasteiger partial charge in [0.1, 0.15) is 11.5 Å². The summed E-state index contributed by atoms with van der Waals surface area (Å²) in [5, 5.41) is 7.90. The molecular weight excluding hydrogens is 429 g/mol. The highest BCUT2D eigenvalue weighted by atomic mass is 79.9. The zero-order valence-electron chi connectivity index (χ0n) is 13.7. The van der Waals surface area contributed by atoms with Gasteiger partial charge >= 0.3 is 0 Å². The van der Waals surface area contributed by atoms with Crippen LogP contribution in [-0.2, 0) is 26.0 Å². The van der Waals surface area contributed by atoms with E-state index in [1.54, 1.807) is 6.07 Å². The van der Waals surface area contributed by atoms with Crippen molar-refractivity contribution in [2.45, 2.75) is 31.8 Å². The molecule has 1 aromatic carbocycles. The molecule has 7 nitrogen and oxygen atoms in total. The lowest BCUT2D eigenvalue weighted by Crippen LogP contribution is -2.43. The van der Waals surface area contributed by atoms with Gasteiger partial charge < -0.3 is 5.32 Å². The summed E-state index contributed by atoms with van der Waals surface area (Å²) in [5.41, 5.74) is 0.742. The maximum Gasteiger partial charge on any atom is 0.267 e. The van der Waals surface area contributed by atoms with Crippen molar-refractivity contribution in [3.05, 3.63) is 34.1 Å². The second kappa shape index (κ2) is 7.43. The minimum Gasteiger partial charge on any atom is -0.347 e. The van der Waals surface area contributed by atoms with Crippen LogP contribution in [0.1, 0.15) is 24.8 Å². The average Bonchev–Trinajstić information content (AvgIpc) is 2.95. The third kappa shape index (κ3) is 4.29. The summed E-state index contributed by atoms with van der Waals surface area (Å²) >= 11 is 3.29. The molecule has 0 radical (unpaired) electrons. The second-order valence-corrected chi connectivity index (χ2v) is 9.34. The van der Waals surface area contributed by atoms with Crippen molar-refractivity contribution in [1.29, 1.82) is 0 Å². The van der Waals surface area contributed by atoms with Crippen molar-refractivity contribution in [2.24, 2.45) is 5.10 Å². The van der Waals surface area contributed by atoms with E-state index >= 15 is 0 Å². The van der Waals surface area contributed by atoms with Gasteiger partial charge in [-0.25, -0.2) is 17.8 Å². The first-order chi connectivity index (χ1) is 12.2. The van der Waals surface area contributed by atoms with Gasteiger partial charge in [-0.1, -0.05) is 15.9 Å². The molecule has 0 bridgehead atoms. The van der Waals surface area contributed by atoms with E-state index in [1.807, 2.05) is 0 Å². The third-order valence-electron chi connectivity index (χ3n) is 4.32. The number of carbonyl (C=O) groups excluding carboxylic acids is 2. The molecule has 2 aliphatic heterocycles. The largest absolute Gasteiger partial charge is 0.347 e. The Hall–Kier alpha value is -1.81. The van der Waals surface area contributed by atoms with Crippen molar-refractivity contribution in [2.75, 3.05) is 11.5 Å². The van der Waals surface area contributed by atoms with Crippen LogP contribution in [0.25, 0.3) is 0 Å². The number of benzene rings is 1. The maximum atomic E-state index is 13.3. The third-order valence-corrected chi connectivity index (χ3v) is 6.85. The monoisotopic (exact) mass is 445 g/mol. The fourth-order valence-electron chi connectivity index (χ4n) is 2.94. The fraction of sp³-hybridized carbons (Fsp3) is 0.438. The van der Waals surface area contributed by atoms with Crippen molar-refractivity contribution in [3.8, 4) is 0 Å². The zero-order chi connectivity index (χ0) is 18.9. The highest BCUT2D eigenvalue weighted by Crippen LogP contribution is 2.22. The Morgan fingerprint density at radius 2 is 2.15 bits per heavy atom. The van der Waals surface area contributed by atoms with E-state index in [1.165, 1.54) is 12.1 Å². The number of carbonyl (C=O) groups is 2. The minimum atomic E-state index is -3.17. The zero-order valence-corrected chi connectivity index (χ0v) is 16.1. The van der Waals surface area contributed by atoms with Gasteiger partial charge in [-0.15, -0.1) is 0 Å². The van der Waals surface area contributed by atoms with Crippen LogP contribution in [0.4, 0.5) is 4.39 Å². The van der Waals surface area contributed by atoms with Gasteiger partial charge in [0.2, 0.25) is 5.91 Å². The molecule has 0 spiro atoms. The van der Waals surface area contributed by atoms with E-state index in [9.17, 15) is 22.4 Å². The number of nitrogens with zero attached hydrogens (tertiary/aromatic N) is 2. The van der Waals surface area contributed by atoms with Crippen molar-refractivity contribution < 1.29 is 22.4 Å². The Kier molecular flexibility index (Phi) is 5.42. The molecule has 2 aliphatic rings. The van der Waals surface area contributed by atoms with E-state index in [0.717, 1.165) is 5.01 Å². The molecule has 0 aromatic heterocycles. The fourth-order valence-corrected chi connectivity index (χ4v) is 5.02. The van der Waals surface area contributed by atoms with Crippen molar-refractivity contribution >= 4 is 43.3 Å². The lowest BCUT2D eigenvalue weighted by molar-refractivity contribution is -0.133. The molecule has 1 aromatic rings. The number of hydrogen-bond acceptors (Lipinski definition) is 5. The number of rotatable bonds is 4. The van der Waals surface area contributed by atoms with E-state index < -0.39 is 27.6 Å². The highest BCUT2D eigenvalue weighted by molar-refractivity contribution is 9.10. The normalized spacial score (nSPS) is 22.2. The SMILES string of the molecule is O=C(NCc1cc(F)ccc1Br)C1=NN([C@@H]2CCS(=O)(=O)C2)C(=O)CC1. The van der Waals surface area contributed by atoms with Crippen LogP contribution in [0.15, 0.2) is 27.8 Å². The molecule has 1 atom stereocenters. The Balaban J connectivity index is 1.69. The molecule has 2 amide bonds. The first-order valence-corrected chi connectivity index (χ1v) is 10.7. The Labute approximate surface area is 158 Å². The Morgan fingerprint density at radius 1 is 1.38 bits per heavy atom. The molecule has 1 fully saturated rings. The maximum absolute atomic E-state index is 13.3. The topological polar surface area (TPSA) is 95.9 Å². The summed E-state index contributed by atoms with van der Waals surface area (Å²) in [6.07, 6.45) is 0.611. The van der Waals surface area contributed by atoms with Gasteiger partial charge in [0.25, 0.3) is 5.91 Å². The molecule has 2 heterocycles. The predicted octanol–water partition coefficient (Wildman–Crippen LogP) is 1.37. The first-order valence-electron chi connectivity index (χ1n) is 8.07. The number of hydrogen-bond donors (Lipinski definition) is 1. The first kappa shape index (κ1) is 19.0. The molecule has 0 unspecified atom stereocenters. The number of amides is 2. The Bertz CT molecular complexity index is 887. The Morgan fingerprint density at radius 3 is 2.85 bits per heavy atom. The smallest absolute Gasteiger partial charge is 0.267 e.